The molecule has 2 N–H and O–H groups in total. The maximum Gasteiger partial charge on any atom is 0.221 e. The number of hydrogen-bond donors (Lipinski definition) is 2. The molecule has 0 bridgehead atoms. The number of carbonyl (C=O) groups is 1. The van der Waals surface area contributed by atoms with Crippen molar-refractivity contribution in [2.45, 2.75) is 31.7 Å². The van der Waals surface area contributed by atoms with Crippen LogP contribution in [0.3, 0.4) is 0 Å². The van der Waals surface area contributed by atoms with Crippen LogP contribution >= 0.6 is 46.3 Å². The van der Waals surface area contributed by atoms with Crippen molar-refractivity contribution in [1.82, 2.24) is 10.6 Å². The molecule has 3 nitrogen and oxygen atoms in total. The van der Waals surface area contributed by atoms with E-state index in [1.807, 2.05) is 0 Å². The smallest absolute Gasteiger partial charge is 0.221 e. The van der Waals surface area contributed by atoms with Gasteiger partial charge in [0.1, 0.15) is 0 Å². The zero-order chi connectivity index (χ0) is 12.1. The van der Waals surface area contributed by atoms with Gasteiger partial charge in [0, 0.05) is 23.9 Å². The van der Waals surface area contributed by atoms with Crippen LogP contribution in [0, 0.1) is 2.88 Å². The van der Waals surface area contributed by atoms with Crippen LogP contribution in [-0.4, -0.2) is 25.0 Å². The molecule has 2 rings (SSSR count). The van der Waals surface area contributed by atoms with Crippen molar-refractivity contribution in [2.24, 2.45) is 0 Å². The third-order valence-electron chi connectivity index (χ3n) is 2.92. The van der Waals surface area contributed by atoms with Crippen LogP contribution < -0.4 is 10.6 Å². The average Bonchev–Trinajstić information content (AvgIpc) is 2.90. The summed E-state index contributed by atoms with van der Waals surface area (Å²) in [5, 5.41) is 6.33. The van der Waals surface area contributed by atoms with Crippen LogP contribution in [0.1, 0.15) is 24.1 Å². The molecule has 0 saturated carbocycles. The normalized spacial score (nSPS) is 18.4. The quantitative estimate of drug-likeness (QED) is 0.746. The average molecular weight is 401 g/mol. The van der Waals surface area contributed by atoms with Gasteiger partial charge >= 0.3 is 0 Å². The van der Waals surface area contributed by atoms with Crippen LogP contribution in [0.5, 0.6) is 0 Å². The fourth-order valence-electron chi connectivity index (χ4n) is 2.04. The zero-order valence-corrected chi connectivity index (χ0v) is 13.9. The van der Waals surface area contributed by atoms with Gasteiger partial charge in [-0.15, -0.1) is 23.7 Å². The molecule has 1 aliphatic heterocycles. The molecule has 2 heterocycles. The Kier molecular flexibility index (Phi) is 7.51. The largest absolute Gasteiger partial charge is 0.356 e. The van der Waals surface area contributed by atoms with E-state index in [0.29, 0.717) is 12.5 Å². The van der Waals surface area contributed by atoms with Crippen molar-refractivity contribution in [3.8, 4) is 0 Å². The first-order valence-electron chi connectivity index (χ1n) is 5.98. The van der Waals surface area contributed by atoms with Gasteiger partial charge in [0.25, 0.3) is 0 Å². The van der Waals surface area contributed by atoms with E-state index in [0.717, 1.165) is 25.9 Å². The van der Waals surface area contributed by atoms with E-state index < -0.39 is 0 Å². The summed E-state index contributed by atoms with van der Waals surface area (Å²) >= 11 is 4.12. The van der Waals surface area contributed by atoms with Gasteiger partial charge in [-0.1, -0.05) is 0 Å². The second-order valence-electron chi connectivity index (χ2n) is 4.30. The van der Waals surface area contributed by atoms with E-state index in [-0.39, 0.29) is 18.3 Å². The Bertz CT molecular complexity index is 380. The Hall–Kier alpha value is 0.150. The van der Waals surface area contributed by atoms with E-state index in [9.17, 15) is 4.79 Å². The van der Waals surface area contributed by atoms with E-state index in [1.165, 1.54) is 14.2 Å². The molecule has 1 atom stereocenters. The van der Waals surface area contributed by atoms with E-state index in [1.54, 1.807) is 11.3 Å². The summed E-state index contributed by atoms with van der Waals surface area (Å²) in [6.07, 6.45) is 3.90. The summed E-state index contributed by atoms with van der Waals surface area (Å²) in [4.78, 5) is 13.0. The number of amides is 1. The predicted octanol–water partition coefficient (Wildman–Crippen LogP) is 2.58. The lowest BCUT2D eigenvalue weighted by Crippen LogP contribution is -2.32. The SMILES string of the molecule is Cl.O=C(CC1CCCN1)NCCc1ccc(I)s1. The number of nitrogens with one attached hydrogen (secondary N) is 2. The standard InChI is InChI=1S/C12H17IN2OS.ClH/c13-11-4-3-10(17-11)5-7-15-12(16)8-9-2-1-6-14-9;/h3-4,9,14H,1-2,5-8H2,(H,15,16);1H. The lowest BCUT2D eigenvalue weighted by molar-refractivity contribution is -0.121. The first-order valence-corrected chi connectivity index (χ1v) is 7.88. The first kappa shape index (κ1) is 16.2. The number of hydrogen-bond acceptors (Lipinski definition) is 3. The second kappa shape index (κ2) is 8.35. The van der Waals surface area contributed by atoms with Gasteiger partial charge in [-0.2, -0.15) is 0 Å². The third-order valence-corrected chi connectivity index (χ3v) is 4.87. The minimum absolute atomic E-state index is 0. The zero-order valence-electron chi connectivity index (χ0n) is 10.1. The maximum absolute atomic E-state index is 11.6. The molecule has 1 aromatic rings. The second-order valence-corrected chi connectivity index (χ2v) is 7.37. The van der Waals surface area contributed by atoms with E-state index in [4.69, 9.17) is 0 Å². The molecule has 1 aliphatic rings. The molecule has 1 fully saturated rings. The van der Waals surface area contributed by atoms with Crippen LogP contribution in [-0.2, 0) is 11.2 Å². The molecular weight excluding hydrogens is 383 g/mol. The molecule has 1 amide bonds. The summed E-state index contributed by atoms with van der Waals surface area (Å²) in [5.74, 6) is 0.177. The summed E-state index contributed by atoms with van der Waals surface area (Å²) in [5.41, 5.74) is 0. The van der Waals surface area contributed by atoms with Crippen molar-refractivity contribution in [3.05, 3.63) is 19.9 Å². The monoisotopic (exact) mass is 400 g/mol. The lowest BCUT2D eigenvalue weighted by atomic mass is 10.1. The highest BCUT2D eigenvalue weighted by Gasteiger charge is 2.17. The van der Waals surface area contributed by atoms with Gasteiger partial charge < -0.3 is 10.6 Å². The molecule has 0 spiro atoms. The highest BCUT2D eigenvalue weighted by atomic mass is 127. The summed E-state index contributed by atoms with van der Waals surface area (Å²) in [6, 6.07) is 4.65. The van der Waals surface area contributed by atoms with Gasteiger partial charge in [0.15, 0.2) is 0 Å². The van der Waals surface area contributed by atoms with Crippen LogP contribution in [0.25, 0.3) is 0 Å². The Balaban J connectivity index is 0.00000162. The highest BCUT2D eigenvalue weighted by Crippen LogP contribution is 2.18. The summed E-state index contributed by atoms with van der Waals surface area (Å²) in [6.45, 7) is 1.81. The first-order chi connectivity index (χ1) is 8.24. The van der Waals surface area contributed by atoms with Crippen LogP contribution in [0.2, 0.25) is 0 Å². The number of carbonyl (C=O) groups excluding carboxylic acids is 1. The molecule has 0 aliphatic carbocycles. The lowest BCUT2D eigenvalue weighted by Gasteiger charge is -2.09. The molecule has 0 radical (unpaired) electrons. The van der Waals surface area contributed by atoms with Gasteiger partial charge in [0.2, 0.25) is 5.91 Å². The van der Waals surface area contributed by atoms with Crippen molar-refractivity contribution < 1.29 is 4.79 Å². The van der Waals surface area contributed by atoms with Gasteiger partial charge in [-0.05, 0) is 60.5 Å². The number of thiophene rings is 1. The maximum atomic E-state index is 11.6. The molecule has 1 aromatic heterocycles. The third kappa shape index (κ3) is 5.42. The molecule has 18 heavy (non-hydrogen) atoms. The van der Waals surface area contributed by atoms with Crippen LogP contribution in [0.4, 0.5) is 0 Å². The highest BCUT2D eigenvalue weighted by molar-refractivity contribution is 14.1. The van der Waals surface area contributed by atoms with E-state index in [2.05, 4.69) is 45.4 Å². The van der Waals surface area contributed by atoms with Crippen molar-refractivity contribution >= 4 is 52.2 Å². The molecule has 0 aromatic carbocycles. The molecule has 1 unspecified atom stereocenters. The van der Waals surface area contributed by atoms with Gasteiger partial charge in [-0.25, -0.2) is 0 Å². The van der Waals surface area contributed by atoms with Crippen molar-refractivity contribution in [1.29, 1.82) is 0 Å². The Labute approximate surface area is 132 Å². The summed E-state index contributed by atoms with van der Waals surface area (Å²) in [7, 11) is 0. The minimum Gasteiger partial charge on any atom is -0.356 e. The Morgan fingerprint density at radius 2 is 2.39 bits per heavy atom. The molecular formula is C12H18ClIN2OS. The van der Waals surface area contributed by atoms with Crippen molar-refractivity contribution in [2.75, 3.05) is 13.1 Å². The predicted molar refractivity (Wildman–Crippen MR) is 86.6 cm³/mol. The van der Waals surface area contributed by atoms with Crippen molar-refractivity contribution in [3.63, 3.8) is 0 Å². The summed E-state index contributed by atoms with van der Waals surface area (Å²) < 4.78 is 1.30. The Morgan fingerprint density at radius 1 is 1.56 bits per heavy atom. The topological polar surface area (TPSA) is 41.1 Å². The van der Waals surface area contributed by atoms with Gasteiger partial charge in [0.05, 0.1) is 2.88 Å². The minimum atomic E-state index is 0. The molecule has 102 valence electrons. The molecule has 6 heteroatoms. The molecule has 1 saturated heterocycles. The van der Waals surface area contributed by atoms with Crippen LogP contribution in [0.15, 0.2) is 12.1 Å². The van der Waals surface area contributed by atoms with E-state index >= 15 is 0 Å². The fraction of sp³-hybridized carbons (Fsp3) is 0.583. The number of rotatable bonds is 5. The number of halogens is 2. The Morgan fingerprint density at radius 3 is 3.00 bits per heavy atom. The van der Waals surface area contributed by atoms with Gasteiger partial charge in [-0.3, -0.25) is 4.79 Å². The fourth-order valence-corrected chi connectivity index (χ4v) is 3.79.